The standard InChI is InChI=1S/C29H24IN3O8/c1-3-40-23-15-17(14-22(30)25(23)41-16-24(34)31-19-7-5-4-6-8-19)13-21-26(35)32-29(38)33(27(21)36)20-11-9-18(10-12-20)28(37)39-2/h4-15H,3,16H2,1-2H3,(H,31,34)(H,32,35,38)/b21-13+. The van der Waals surface area contributed by atoms with Crippen molar-refractivity contribution in [3.8, 4) is 11.5 Å². The number of halogens is 1. The second-order valence-electron chi connectivity index (χ2n) is 8.46. The fourth-order valence-electron chi connectivity index (χ4n) is 3.85. The van der Waals surface area contributed by atoms with Crippen molar-refractivity contribution < 1.29 is 38.2 Å². The molecule has 0 atom stereocenters. The summed E-state index contributed by atoms with van der Waals surface area (Å²) in [5.74, 6) is -2.04. The van der Waals surface area contributed by atoms with Crippen molar-refractivity contribution in [2.75, 3.05) is 30.5 Å². The number of imide groups is 2. The Morgan fingerprint density at radius 3 is 2.37 bits per heavy atom. The first-order valence-corrected chi connectivity index (χ1v) is 13.3. The van der Waals surface area contributed by atoms with Gasteiger partial charge in [-0.05, 0) is 89.7 Å². The molecule has 0 aliphatic carbocycles. The van der Waals surface area contributed by atoms with E-state index in [2.05, 4.69) is 15.4 Å². The molecule has 1 fully saturated rings. The van der Waals surface area contributed by atoms with Gasteiger partial charge >= 0.3 is 12.0 Å². The molecule has 3 aromatic rings. The number of ether oxygens (including phenoxy) is 3. The smallest absolute Gasteiger partial charge is 0.337 e. The van der Waals surface area contributed by atoms with Crippen LogP contribution in [0.25, 0.3) is 6.08 Å². The van der Waals surface area contributed by atoms with E-state index in [1.165, 1.54) is 37.5 Å². The van der Waals surface area contributed by atoms with Crippen molar-refractivity contribution >= 4 is 69.8 Å². The fourth-order valence-corrected chi connectivity index (χ4v) is 4.63. The van der Waals surface area contributed by atoms with Crippen LogP contribution >= 0.6 is 22.6 Å². The average molecular weight is 669 g/mol. The number of para-hydroxylation sites is 1. The van der Waals surface area contributed by atoms with E-state index in [4.69, 9.17) is 9.47 Å². The number of anilines is 2. The van der Waals surface area contributed by atoms with Gasteiger partial charge in [-0.1, -0.05) is 18.2 Å². The number of esters is 1. The molecule has 0 radical (unpaired) electrons. The number of hydrogen-bond donors (Lipinski definition) is 2. The number of barbiturate groups is 1. The summed E-state index contributed by atoms with van der Waals surface area (Å²) < 4.78 is 16.7. The molecule has 41 heavy (non-hydrogen) atoms. The molecule has 2 N–H and O–H groups in total. The Kier molecular flexibility index (Phi) is 9.34. The molecule has 1 heterocycles. The largest absolute Gasteiger partial charge is 0.490 e. The minimum Gasteiger partial charge on any atom is -0.490 e. The van der Waals surface area contributed by atoms with E-state index in [0.717, 1.165) is 4.90 Å². The van der Waals surface area contributed by atoms with Gasteiger partial charge in [0.15, 0.2) is 18.1 Å². The minimum absolute atomic E-state index is 0.153. The Morgan fingerprint density at radius 1 is 1.00 bits per heavy atom. The number of carbonyl (C=O) groups excluding carboxylic acids is 5. The number of hydrogen-bond acceptors (Lipinski definition) is 8. The number of urea groups is 1. The van der Waals surface area contributed by atoms with Gasteiger partial charge in [0, 0.05) is 5.69 Å². The number of nitrogens with zero attached hydrogens (tertiary/aromatic N) is 1. The van der Waals surface area contributed by atoms with Crippen molar-refractivity contribution in [2.45, 2.75) is 6.92 Å². The van der Waals surface area contributed by atoms with Crippen LogP contribution in [0.2, 0.25) is 0 Å². The van der Waals surface area contributed by atoms with Crippen LogP contribution in [0.5, 0.6) is 11.5 Å². The van der Waals surface area contributed by atoms with Crippen molar-refractivity contribution in [1.29, 1.82) is 0 Å². The van der Waals surface area contributed by atoms with Gasteiger partial charge in [-0.2, -0.15) is 0 Å². The maximum atomic E-state index is 13.3. The Morgan fingerprint density at radius 2 is 1.71 bits per heavy atom. The molecule has 4 rings (SSSR count). The highest BCUT2D eigenvalue weighted by Gasteiger charge is 2.37. The predicted molar refractivity (Wildman–Crippen MR) is 158 cm³/mol. The van der Waals surface area contributed by atoms with E-state index in [-0.39, 0.29) is 35.9 Å². The van der Waals surface area contributed by atoms with Crippen molar-refractivity contribution in [3.05, 3.63) is 87.0 Å². The van der Waals surface area contributed by atoms with Crippen LogP contribution in [0.15, 0.2) is 72.3 Å². The number of rotatable bonds is 9. The lowest BCUT2D eigenvalue weighted by atomic mass is 10.1. The monoisotopic (exact) mass is 669 g/mol. The van der Waals surface area contributed by atoms with Crippen molar-refractivity contribution in [2.24, 2.45) is 0 Å². The zero-order valence-electron chi connectivity index (χ0n) is 21.9. The zero-order chi connectivity index (χ0) is 29.5. The van der Waals surface area contributed by atoms with Crippen molar-refractivity contribution in [1.82, 2.24) is 5.32 Å². The lowest BCUT2D eigenvalue weighted by Crippen LogP contribution is -2.54. The van der Waals surface area contributed by atoms with E-state index in [0.29, 0.717) is 26.3 Å². The van der Waals surface area contributed by atoms with Crippen molar-refractivity contribution in [3.63, 3.8) is 0 Å². The fraction of sp³-hybridized carbons (Fsp3) is 0.138. The maximum Gasteiger partial charge on any atom is 0.337 e. The Labute approximate surface area is 248 Å². The van der Waals surface area contributed by atoms with Gasteiger partial charge in [0.05, 0.1) is 28.5 Å². The van der Waals surface area contributed by atoms with Crippen LogP contribution < -0.4 is 25.0 Å². The van der Waals surface area contributed by atoms with Gasteiger partial charge in [-0.25, -0.2) is 14.5 Å². The molecule has 0 unspecified atom stereocenters. The highest BCUT2D eigenvalue weighted by molar-refractivity contribution is 14.1. The first kappa shape index (κ1) is 29.3. The Hall–Kier alpha value is -4.72. The Bertz CT molecular complexity index is 1540. The van der Waals surface area contributed by atoms with Crippen LogP contribution in [0.4, 0.5) is 16.2 Å². The van der Waals surface area contributed by atoms with Gasteiger partial charge in [0.2, 0.25) is 0 Å². The lowest BCUT2D eigenvalue weighted by molar-refractivity contribution is -0.122. The predicted octanol–water partition coefficient (Wildman–Crippen LogP) is 4.16. The van der Waals surface area contributed by atoms with E-state index >= 15 is 0 Å². The molecule has 0 saturated carbocycles. The van der Waals surface area contributed by atoms with E-state index < -0.39 is 23.8 Å². The highest BCUT2D eigenvalue weighted by Crippen LogP contribution is 2.35. The molecule has 1 saturated heterocycles. The van der Waals surface area contributed by atoms with Crippen LogP contribution in [-0.4, -0.2) is 50.0 Å². The molecule has 0 spiro atoms. The van der Waals surface area contributed by atoms with E-state index in [1.54, 1.807) is 43.3 Å². The summed E-state index contributed by atoms with van der Waals surface area (Å²) in [6.07, 6.45) is 1.33. The van der Waals surface area contributed by atoms with Gasteiger partial charge < -0.3 is 19.5 Å². The highest BCUT2D eigenvalue weighted by atomic mass is 127. The molecule has 1 aliphatic rings. The minimum atomic E-state index is -0.926. The number of carbonyl (C=O) groups is 5. The van der Waals surface area contributed by atoms with Gasteiger partial charge in [-0.3, -0.25) is 19.7 Å². The zero-order valence-corrected chi connectivity index (χ0v) is 24.1. The summed E-state index contributed by atoms with van der Waals surface area (Å²) in [7, 11) is 1.24. The summed E-state index contributed by atoms with van der Waals surface area (Å²) in [6.45, 7) is 1.78. The quantitative estimate of drug-likeness (QED) is 0.150. The van der Waals surface area contributed by atoms with Gasteiger partial charge in [0.1, 0.15) is 5.57 Å². The molecular formula is C29H24IN3O8. The third-order valence-corrected chi connectivity index (χ3v) is 6.50. The molecule has 1 aliphatic heterocycles. The molecule has 12 heteroatoms. The first-order chi connectivity index (χ1) is 19.7. The second kappa shape index (κ2) is 13.1. The molecule has 5 amide bonds. The molecule has 3 aromatic carbocycles. The molecule has 210 valence electrons. The molecule has 0 bridgehead atoms. The molecule has 11 nitrogen and oxygen atoms in total. The van der Waals surface area contributed by atoms with Gasteiger partial charge in [0.25, 0.3) is 17.7 Å². The van der Waals surface area contributed by atoms with Crippen LogP contribution in [0, 0.1) is 3.57 Å². The summed E-state index contributed by atoms with van der Waals surface area (Å²) in [4.78, 5) is 63.4. The maximum absolute atomic E-state index is 13.3. The van der Waals surface area contributed by atoms with Gasteiger partial charge in [-0.15, -0.1) is 0 Å². The molecule has 0 aromatic heterocycles. The number of benzene rings is 3. The van der Waals surface area contributed by atoms with E-state index in [1.807, 2.05) is 28.7 Å². The topological polar surface area (TPSA) is 140 Å². The van der Waals surface area contributed by atoms with Crippen LogP contribution in [0.1, 0.15) is 22.8 Å². The third kappa shape index (κ3) is 6.90. The average Bonchev–Trinajstić information content (AvgIpc) is 2.95. The molecular weight excluding hydrogens is 645 g/mol. The number of methoxy groups -OCH3 is 1. The second-order valence-corrected chi connectivity index (χ2v) is 9.62. The number of amides is 5. The lowest BCUT2D eigenvalue weighted by Gasteiger charge is -2.26. The SMILES string of the molecule is CCOc1cc(/C=C2\C(=O)NC(=O)N(c3ccc(C(=O)OC)cc3)C2=O)cc(I)c1OCC(=O)Nc1ccccc1. The normalized spacial score (nSPS) is 14.0. The summed E-state index contributed by atoms with van der Waals surface area (Å²) in [5.41, 5.74) is 1.14. The summed E-state index contributed by atoms with van der Waals surface area (Å²) >= 11 is 2.00. The first-order valence-electron chi connectivity index (χ1n) is 12.3. The summed E-state index contributed by atoms with van der Waals surface area (Å²) in [5, 5.41) is 4.90. The van der Waals surface area contributed by atoms with Crippen LogP contribution in [-0.2, 0) is 19.1 Å². The summed E-state index contributed by atoms with van der Waals surface area (Å²) in [6, 6.07) is 16.8. The third-order valence-electron chi connectivity index (χ3n) is 5.70. The number of nitrogens with one attached hydrogen (secondary N) is 2. The van der Waals surface area contributed by atoms with E-state index in [9.17, 15) is 24.0 Å². The van der Waals surface area contributed by atoms with Crippen LogP contribution in [0.3, 0.4) is 0 Å². The Balaban J connectivity index is 1.58.